The summed E-state index contributed by atoms with van der Waals surface area (Å²) in [4.78, 5) is 14.4. The van der Waals surface area contributed by atoms with Gasteiger partial charge >= 0.3 is 0 Å². The highest BCUT2D eigenvalue weighted by molar-refractivity contribution is 7.10. The number of nitrogens with one attached hydrogen (secondary N) is 1. The zero-order chi connectivity index (χ0) is 12.7. The quantitative estimate of drug-likeness (QED) is 0.754. The van der Waals surface area contributed by atoms with Gasteiger partial charge in [-0.1, -0.05) is 11.8 Å². The van der Waals surface area contributed by atoms with Crippen LogP contribution in [-0.4, -0.2) is 38.0 Å². The largest absolute Gasteiger partial charge is 0.350 e. The van der Waals surface area contributed by atoms with Crippen molar-refractivity contribution in [3.8, 4) is 11.8 Å². The lowest BCUT2D eigenvalue weighted by atomic mass is 10.2. The Kier molecular flexibility index (Phi) is 5.70. The number of nitrogens with two attached hydrogens (primary N) is 1. The smallest absolute Gasteiger partial charge is 0.234 e. The van der Waals surface area contributed by atoms with Gasteiger partial charge in [-0.15, -0.1) is 11.3 Å². The van der Waals surface area contributed by atoms with E-state index >= 15 is 0 Å². The van der Waals surface area contributed by atoms with Crippen LogP contribution in [-0.2, 0) is 11.3 Å². The van der Waals surface area contributed by atoms with Crippen molar-refractivity contribution in [1.29, 1.82) is 0 Å². The normalized spacial score (nSPS) is 9.88. The van der Waals surface area contributed by atoms with Crippen molar-refractivity contribution in [2.24, 2.45) is 5.73 Å². The molecule has 5 heteroatoms. The minimum atomic E-state index is 0.0149. The van der Waals surface area contributed by atoms with Crippen LogP contribution in [0.2, 0.25) is 0 Å². The van der Waals surface area contributed by atoms with E-state index in [-0.39, 0.29) is 5.91 Å². The van der Waals surface area contributed by atoms with Crippen molar-refractivity contribution in [3.05, 3.63) is 21.9 Å². The molecular formula is C12H17N3OS. The molecule has 0 radical (unpaired) electrons. The van der Waals surface area contributed by atoms with Crippen molar-refractivity contribution < 1.29 is 4.79 Å². The summed E-state index contributed by atoms with van der Waals surface area (Å²) in [5.74, 6) is 5.82. The lowest BCUT2D eigenvalue weighted by Crippen LogP contribution is -2.32. The molecule has 3 N–H and O–H groups in total. The van der Waals surface area contributed by atoms with Crippen LogP contribution in [0.4, 0.5) is 0 Å². The number of hydrogen-bond donors (Lipinski definition) is 2. The second-order valence-electron chi connectivity index (χ2n) is 3.78. The number of hydrogen-bond acceptors (Lipinski definition) is 4. The van der Waals surface area contributed by atoms with Crippen LogP contribution < -0.4 is 11.1 Å². The van der Waals surface area contributed by atoms with Gasteiger partial charge in [0.2, 0.25) is 5.91 Å². The van der Waals surface area contributed by atoms with Crippen LogP contribution in [0.1, 0.15) is 10.4 Å². The van der Waals surface area contributed by atoms with Crippen molar-refractivity contribution >= 4 is 17.2 Å². The molecule has 1 aromatic heterocycles. The van der Waals surface area contributed by atoms with E-state index in [9.17, 15) is 4.79 Å². The van der Waals surface area contributed by atoms with Gasteiger partial charge in [0.25, 0.3) is 0 Å². The van der Waals surface area contributed by atoms with Crippen LogP contribution in [0.25, 0.3) is 0 Å². The second kappa shape index (κ2) is 7.07. The number of nitrogens with zero attached hydrogens (tertiary/aromatic N) is 1. The maximum Gasteiger partial charge on any atom is 0.234 e. The Hall–Kier alpha value is -1.35. The standard InChI is InChI=1S/C12H17N3OS/c1-15(2)9-12(16)14-8-11-10(4-3-6-13)5-7-17-11/h5,7H,6,8-9,13H2,1-2H3,(H,14,16). The molecule has 0 bridgehead atoms. The van der Waals surface area contributed by atoms with Crippen LogP contribution in [0, 0.1) is 11.8 Å². The first-order valence-electron chi connectivity index (χ1n) is 5.30. The summed E-state index contributed by atoms with van der Waals surface area (Å²) in [6.45, 7) is 1.27. The number of rotatable bonds is 4. The Bertz CT molecular complexity index is 428. The summed E-state index contributed by atoms with van der Waals surface area (Å²) in [6.07, 6.45) is 0. The lowest BCUT2D eigenvalue weighted by molar-refractivity contribution is -0.121. The topological polar surface area (TPSA) is 58.4 Å². The fourth-order valence-electron chi connectivity index (χ4n) is 1.26. The van der Waals surface area contributed by atoms with Gasteiger partial charge in [0.1, 0.15) is 0 Å². The van der Waals surface area contributed by atoms with Crippen molar-refractivity contribution in [2.45, 2.75) is 6.54 Å². The maximum atomic E-state index is 11.5. The van der Waals surface area contributed by atoms with E-state index < -0.39 is 0 Å². The number of carbonyl (C=O) groups is 1. The predicted octanol–water partition coefficient (Wildman–Crippen LogP) is 0.236. The Labute approximate surface area is 106 Å². The van der Waals surface area contributed by atoms with Gasteiger partial charge in [0.15, 0.2) is 0 Å². The van der Waals surface area contributed by atoms with E-state index in [0.29, 0.717) is 19.6 Å². The Morgan fingerprint density at radius 2 is 2.35 bits per heavy atom. The molecule has 1 heterocycles. The highest BCUT2D eigenvalue weighted by Crippen LogP contribution is 2.15. The molecule has 0 saturated carbocycles. The molecule has 0 saturated heterocycles. The molecule has 0 aliphatic rings. The van der Waals surface area contributed by atoms with E-state index in [2.05, 4.69) is 17.2 Å². The predicted molar refractivity (Wildman–Crippen MR) is 70.7 cm³/mol. The summed E-state index contributed by atoms with van der Waals surface area (Å²) < 4.78 is 0. The number of thiophene rings is 1. The van der Waals surface area contributed by atoms with Gasteiger partial charge in [-0.25, -0.2) is 0 Å². The minimum Gasteiger partial charge on any atom is -0.350 e. The third-order valence-electron chi connectivity index (χ3n) is 1.98. The first kappa shape index (κ1) is 13.7. The highest BCUT2D eigenvalue weighted by atomic mass is 32.1. The molecule has 1 amide bonds. The monoisotopic (exact) mass is 251 g/mol. The Balaban J connectivity index is 2.52. The molecule has 0 unspecified atom stereocenters. The number of carbonyl (C=O) groups excluding carboxylic acids is 1. The zero-order valence-electron chi connectivity index (χ0n) is 10.1. The van der Waals surface area contributed by atoms with Crippen molar-refractivity contribution in [1.82, 2.24) is 10.2 Å². The zero-order valence-corrected chi connectivity index (χ0v) is 10.9. The Morgan fingerprint density at radius 3 is 3.00 bits per heavy atom. The highest BCUT2D eigenvalue weighted by Gasteiger charge is 2.05. The van der Waals surface area contributed by atoms with Crippen LogP contribution in [0.15, 0.2) is 11.4 Å². The summed E-state index contributed by atoms with van der Waals surface area (Å²) in [7, 11) is 3.73. The van der Waals surface area contributed by atoms with Gasteiger partial charge in [-0.3, -0.25) is 4.79 Å². The van der Waals surface area contributed by atoms with Crippen LogP contribution >= 0.6 is 11.3 Å². The SMILES string of the molecule is CN(C)CC(=O)NCc1sccc1C#CCN. The first-order valence-corrected chi connectivity index (χ1v) is 6.18. The molecule has 17 heavy (non-hydrogen) atoms. The maximum absolute atomic E-state index is 11.5. The molecule has 0 aliphatic heterocycles. The molecular weight excluding hydrogens is 234 g/mol. The van der Waals surface area contributed by atoms with Gasteiger partial charge in [-0.05, 0) is 25.5 Å². The summed E-state index contributed by atoms with van der Waals surface area (Å²) in [5, 5.41) is 4.83. The fraction of sp³-hybridized carbons (Fsp3) is 0.417. The van der Waals surface area contributed by atoms with E-state index in [4.69, 9.17) is 5.73 Å². The molecule has 0 atom stereocenters. The van der Waals surface area contributed by atoms with E-state index in [1.54, 1.807) is 11.3 Å². The van der Waals surface area contributed by atoms with Gasteiger partial charge in [-0.2, -0.15) is 0 Å². The molecule has 4 nitrogen and oxygen atoms in total. The summed E-state index contributed by atoms with van der Waals surface area (Å²) in [5.41, 5.74) is 6.28. The molecule has 0 spiro atoms. The molecule has 1 aromatic rings. The minimum absolute atomic E-state index is 0.0149. The van der Waals surface area contributed by atoms with Crippen molar-refractivity contribution in [3.63, 3.8) is 0 Å². The summed E-state index contributed by atoms with van der Waals surface area (Å²) >= 11 is 1.59. The molecule has 1 rings (SSSR count). The van der Waals surface area contributed by atoms with Gasteiger partial charge in [0, 0.05) is 10.4 Å². The van der Waals surface area contributed by atoms with Crippen LogP contribution in [0.3, 0.4) is 0 Å². The molecule has 0 aliphatic carbocycles. The molecule has 92 valence electrons. The number of likely N-dealkylation sites (N-methyl/N-ethyl adjacent to an activating group) is 1. The first-order chi connectivity index (χ1) is 8.13. The Morgan fingerprint density at radius 1 is 1.59 bits per heavy atom. The van der Waals surface area contributed by atoms with E-state index in [1.807, 2.05) is 30.4 Å². The average Bonchev–Trinajstić information content (AvgIpc) is 2.70. The fourth-order valence-corrected chi connectivity index (χ4v) is 2.03. The van der Waals surface area contributed by atoms with Crippen molar-refractivity contribution in [2.75, 3.05) is 27.2 Å². The molecule has 0 aromatic carbocycles. The van der Waals surface area contributed by atoms with Gasteiger partial charge < -0.3 is 16.0 Å². The van der Waals surface area contributed by atoms with E-state index in [0.717, 1.165) is 10.4 Å². The lowest BCUT2D eigenvalue weighted by Gasteiger charge is -2.09. The van der Waals surface area contributed by atoms with E-state index in [1.165, 1.54) is 0 Å². The molecule has 0 fully saturated rings. The second-order valence-corrected chi connectivity index (χ2v) is 4.78. The van der Waals surface area contributed by atoms with Crippen LogP contribution in [0.5, 0.6) is 0 Å². The van der Waals surface area contributed by atoms with Gasteiger partial charge in [0.05, 0.1) is 19.6 Å². The average molecular weight is 251 g/mol. The third-order valence-corrected chi connectivity index (χ3v) is 2.90. The summed E-state index contributed by atoms with van der Waals surface area (Å²) in [6, 6.07) is 1.95. The third kappa shape index (κ3) is 5.00. The number of amides is 1.